The van der Waals surface area contributed by atoms with E-state index >= 15 is 0 Å². The number of nitrogens with zero attached hydrogens (tertiary/aromatic N) is 5. The van der Waals surface area contributed by atoms with E-state index in [0.717, 1.165) is 25.9 Å². The summed E-state index contributed by atoms with van der Waals surface area (Å²) in [6.07, 6.45) is 3.30. The van der Waals surface area contributed by atoms with Gasteiger partial charge >= 0.3 is 0 Å². The molecule has 1 fully saturated rings. The first-order valence-electron chi connectivity index (χ1n) is 8.29. The molecule has 1 aromatic carbocycles. The number of halogens is 1. The van der Waals surface area contributed by atoms with Crippen LogP contribution in [0.5, 0.6) is 0 Å². The number of amides is 1. The van der Waals surface area contributed by atoms with Gasteiger partial charge in [-0.1, -0.05) is 18.2 Å². The topological polar surface area (TPSA) is 106 Å². The molecule has 1 aliphatic heterocycles. The fraction of sp³-hybridized carbons (Fsp3) is 0.438. The number of nitro benzene ring substituents is 1. The predicted molar refractivity (Wildman–Crippen MR) is 97.9 cm³/mol. The number of benzene rings is 1. The Labute approximate surface area is 156 Å². The molecular formula is C16H21ClN6O3. The number of nitrogens with one attached hydrogen (secondary N) is 1. The lowest BCUT2D eigenvalue weighted by atomic mass is 10.2. The van der Waals surface area contributed by atoms with Gasteiger partial charge in [-0.05, 0) is 25.5 Å². The van der Waals surface area contributed by atoms with Crippen molar-refractivity contribution >= 4 is 24.0 Å². The van der Waals surface area contributed by atoms with Gasteiger partial charge in [-0.2, -0.15) is 0 Å². The number of non-ortho nitro benzene ring substituents is 1. The number of aromatic nitrogens is 3. The maximum absolute atomic E-state index is 12.8. The number of carbonyl (C=O) groups is 1. The van der Waals surface area contributed by atoms with E-state index < -0.39 is 4.92 Å². The molecule has 1 saturated heterocycles. The van der Waals surface area contributed by atoms with Crippen molar-refractivity contribution in [3.05, 3.63) is 46.3 Å². The van der Waals surface area contributed by atoms with Crippen molar-refractivity contribution in [2.24, 2.45) is 0 Å². The van der Waals surface area contributed by atoms with E-state index in [1.54, 1.807) is 12.1 Å². The molecule has 0 aliphatic carbocycles. The van der Waals surface area contributed by atoms with Gasteiger partial charge in [0.2, 0.25) is 0 Å². The van der Waals surface area contributed by atoms with Crippen LogP contribution in [0.1, 0.15) is 30.3 Å². The Hall–Kier alpha value is -2.52. The molecule has 0 spiro atoms. The Balaban J connectivity index is 0.00000243. The smallest absolute Gasteiger partial charge is 0.276 e. The summed E-state index contributed by atoms with van der Waals surface area (Å²) in [4.78, 5) is 25.1. The van der Waals surface area contributed by atoms with Gasteiger partial charge in [0.15, 0.2) is 5.69 Å². The Morgan fingerprint density at radius 2 is 2.31 bits per heavy atom. The normalized spacial score (nSPS) is 16.1. The summed E-state index contributed by atoms with van der Waals surface area (Å²) in [6.45, 7) is 4.38. The Bertz CT molecular complexity index is 775. The van der Waals surface area contributed by atoms with Gasteiger partial charge in [-0.25, -0.2) is 4.68 Å². The van der Waals surface area contributed by atoms with Crippen LogP contribution in [0.3, 0.4) is 0 Å². The third kappa shape index (κ3) is 4.17. The zero-order chi connectivity index (χ0) is 17.8. The summed E-state index contributed by atoms with van der Waals surface area (Å²) in [5.41, 5.74) is 0.697. The van der Waals surface area contributed by atoms with E-state index in [1.165, 1.54) is 23.0 Å². The highest BCUT2D eigenvalue weighted by molar-refractivity contribution is 5.92. The van der Waals surface area contributed by atoms with Crippen molar-refractivity contribution in [2.75, 3.05) is 19.6 Å². The fourth-order valence-electron chi connectivity index (χ4n) is 2.98. The van der Waals surface area contributed by atoms with Crippen LogP contribution >= 0.6 is 12.4 Å². The lowest BCUT2D eigenvalue weighted by Crippen LogP contribution is -2.42. The predicted octanol–water partition coefficient (Wildman–Crippen LogP) is 1.81. The Morgan fingerprint density at radius 1 is 1.50 bits per heavy atom. The van der Waals surface area contributed by atoms with Gasteiger partial charge in [-0.3, -0.25) is 14.9 Å². The van der Waals surface area contributed by atoms with Gasteiger partial charge < -0.3 is 10.2 Å². The molecule has 140 valence electrons. The van der Waals surface area contributed by atoms with Crippen molar-refractivity contribution in [1.82, 2.24) is 25.2 Å². The molecule has 1 amide bonds. The highest BCUT2D eigenvalue weighted by Gasteiger charge is 2.28. The van der Waals surface area contributed by atoms with E-state index in [4.69, 9.17) is 0 Å². The van der Waals surface area contributed by atoms with E-state index in [1.807, 2.05) is 11.8 Å². The van der Waals surface area contributed by atoms with Crippen LogP contribution in [-0.2, 0) is 0 Å². The number of rotatable bonds is 6. The van der Waals surface area contributed by atoms with Crippen LogP contribution < -0.4 is 5.32 Å². The molecule has 0 radical (unpaired) electrons. The molecule has 1 N–H and O–H groups in total. The molecule has 1 aliphatic rings. The highest BCUT2D eigenvalue weighted by atomic mass is 35.5. The van der Waals surface area contributed by atoms with Crippen molar-refractivity contribution in [3.63, 3.8) is 0 Å². The first-order chi connectivity index (χ1) is 12.1. The van der Waals surface area contributed by atoms with Crippen molar-refractivity contribution in [3.8, 4) is 5.69 Å². The molecule has 3 rings (SSSR count). The molecule has 1 atom stereocenters. The largest absolute Gasteiger partial charge is 0.333 e. The quantitative estimate of drug-likeness (QED) is 0.605. The third-order valence-corrected chi connectivity index (χ3v) is 4.22. The zero-order valence-electron chi connectivity index (χ0n) is 14.4. The van der Waals surface area contributed by atoms with Crippen molar-refractivity contribution in [2.45, 2.75) is 25.8 Å². The maximum Gasteiger partial charge on any atom is 0.276 e. The lowest BCUT2D eigenvalue weighted by molar-refractivity contribution is -0.384. The van der Waals surface area contributed by atoms with E-state index in [-0.39, 0.29) is 35.7 Å². The molecule has 1 unspecified atom stereocenters. The second kappa shape index (κ2) is 8.72. The van der Waals surface area contributed by atoms with Gasteiger partial charge in [-0.15, -0.1) is 17.5 Å². The van der Waals surface area contributed by atoms with Crippen LogP contribution in [0.4, 0.5) is 5.69 Å². The minimum absolute atomic E-state index is 0. The molecule has 2 heterocycles. The minimum Gasteiger partial charge on any atom is -0.333 e. The molecular weight excluding hydrogens is 360 g/mol. The highest BCUT2D eigenvalue weighted by Crippen LogP contribution is 2.17. The Morgan fingerprint density at radius 3 is 2.96 bits per heavy atom. The molecule has 0 bridgehead atoms. The van der Waals surface area contributed by atoms with Gasteiger partial charge in [0.05, 0.1) is 16.8 Å². The summed E-state index contributed by atoms with van der Waals surface area (Å²) in [6, 6.07) is 6.22. The van der Waals surface area contributed by atoms with Crippen molar-refractivity contribution < 1.29 is 9.72 Å². The maximum atomic E-state index is 12.8. The minimum atomic E-state index is -0.470. The summed E-state index contributed by atoms with van der Waals surface area (Å²) in [5.74, 6) is -0.160. The number of hydrogen-bond acceptors (Lipinski definition) is 6. The van der Waals surface area contributed by atoms with E-state index in [2.05, 4.69) is 15.6 Å². The lowest BCUT2D eigenvalue weighted by Gasteiger charge is -2.27. The second-order valence-electron chi connectivity index (χ2n) is 5.97. The van der Waals surface area contributed by atoms with Crippen LogP contribution in [0.25, 0.3) is 5.69 Å². The average molecular weight is 381 g/mol. The zero-order valence-corrected chi connectivity index (χ0v) is 15.2. The Kier molecular flexibility index (Phi) is 6.64. The second-order valence-corrected chi connectivity index (χ2v) is 5.97. The van der Waals surface area contributed by atoms with E-state index in [9.17, 15) is 14.9 Å². The standard InChI is InChI=1S/C16H20N6O3.ClH/c1-2-8-20(14-6-7-17-10-14)16(23)15-11-21(19-18-15)12-4-3-5-13(9-12)22(24)25;/h3-5,9,11,14,17H,2,6-8,10H2,1H3;1H. The third-order valence-electron chi connectivity index (χ3n) is 4.22. The van der Waals surface area contributed by atoms with Crippen molar-refractivity contribution in [1.29, 1.82) is 0 Å². The van der Waals surface area contributed by atoms with E-state index in [0.29, 0.717) is 12.2 Å². The summed E-state index contributed by atoms with van der Waals surface area (Å²) in [7, 11) is 0. The first kappa shape index (κ1) is 19.8. The van der Waals surface area contributed by atoms with Crippen LogP contribution in [-0.4, -0.2) is 56.4 Å². The van der Waals surface area contributed by atoms with Gasteiger partial charge in [0, 0.05) is 31.3 Å². The molecule has 2 aromatic rings. The van der Waals surface area contributed by atoms with Crippen LogP contribution in [0.2, 0.25) is 0 Å². The SMILES string of the molecule is CCCN(C(=O)c1cn(-c2cccc([N+](=O)[O-])c2)nn1)C1CCNC1.Cl. The number of carbonyl (C=O) groups excluding carboxylic acids is 1. The molecule has 10 heteroatoms. The summed E-state index contributed by atoms with van der Waals surface area (Å²) < 4.78 is 1.39. The van der Waals surface area contributed by atoms with Gasteiger partial charge in [0.1, 0.15) is 0 Å². The average Bonchev–Trinajstić information content (AvgIpc) is 3.31. The fourth-order valence-corrected chi connectivity index (χ4v) is 2.98. The molecule has 26 heavy (non-hydrogen) atoms. The summed E-state index contributed by atoms with van der Waals surface area (Å²) in [5, 5.41) is 22.1. The van der Waals surface area contributed by atoms with Crippen LogP contribution in [0, 0.1) is 10.1 Å². The summed E-state index contributed by atoms with van der Waals surface area (Å²) >= 11 is 0. The number of nitro groups is 1. The van der Waals surface area contributed by atoms with Crippen LogP contribution in [0.15, 0.2) is 30.5 Å². The number of hydrogen-bond donors (Lipinski definition) is 1. The first-order valence-corrected chi connectivity index (χ1v) is 8.29. The molecule has 1 aromatic heterocycles. The molecule has 9 nitrogen and oxygen atoms in total. The van der Waals surface area contributed by atoms with Gasteiger partial charge in [0.25, 0.3) is 11.6 Å². The molecule has 0 saturated carbocycles. The monoisotopic (exact) mass is 380 g/mol.